The standard InChI is InChI=1S/C14H19NO2/c1-13(8-16-9-13)10-17-12-4-2-11(3-5-12)14(15)6-7-14/h2-5H,6-10,15H2,1H3. The van der Waals surface area contributed by atoms with Crippen molar-refractivity contribution in [3.63, 3.8) is 0 Å². The minimum absolute atomic E-state index is 0.0493. The van der Waals surface area contributed by atoms with Crippen LogP contribution >= 0.6 is 0 Å². The lowest BCUT2D eigenvalue weighted by molar-refractivity contribution is -0.120. The third-order valence-electron chi connectivity index (χ3n) is 3.71. The molecule has 1 aromatic carbocycles. The van der Waals surface area contributed by atoms with Crippen molar-refractivity contribution in [1.29, 1.82) is 0 Å². The van der Waals surface area contributed by atoms with Gasteiger partial charge in [-0.1, -0.05) is 19.1 Å². The number of rotatable bonds is 4. The van der Waals surface area contributed by atoms with Crippen LogP contribution in [0.4, 0.5) is 0 Å². The Morgan fingerprint density at radius 3 is 2.35 bits per heavy atom. The zero-order chi connectivity index (χ0) is 11.9. The molecule has 0 aromatic heterocycles. The van der Waals surface area contributed by atoms with E-state index in [-0.39, 0.29) is 11.0 Å². The van der Waals surface area contributed by atoms with Crippen LogP contribution in [0.1, 0.15) is 25.3 Å². The molecule has 0 amide bonds. The molecule has 3 heteroatoms. The fraction of sp³-hybridized carbons (Fsp3) is 0.571. The predicted molar refractivity (Wildman–Crippen MR) is 66.0 cm³/mol. The summed E-state index contributed by atoms with van der Waals surface area (Å²) in [6.07, 6.45) is 2.20. The van der Waals surface area contributed by atoms with E-state index in [1.807, 2.05) is 12.1 Å². The second kappa shape index (κ2) is 3.72. The summed E-state index contributed by atoms with van der Waals surface area (Å²) in [4.78, 5) is 0. The molecular weight excluding hydrogens is 214 g/mol. The molecule has 0 bridgehead atoms. The minimum Gasteiger partial charge on any atom is -0.493 e. The van der Waals surface area contributed by atoms with Crippen molar-refractivity contribution in [1.82, 2.24) is 0 Å². The van der Waals surface area contributed by atoms with Crippen LogP contribution in [-0.2, 0) is 10.3 Å². The lowest BCUT2D eigenvalue weighted by atomic mass is 9.90. The maximum absolute atomic E-state index is 6.13. The van der Waals surface area contributed by atoms with Crippen LogP contribution in [0.25, 0.3) is 0 Å². The fourth-order valence-corrected chi connectivity index (χ4v) is 2.10. The monoisotopic (exact) mass is 233 g/mol. The van der Waals surface area contributed by atoms with Crippen LogP contribution < -0.4 is 10.5 Å². The number of benzene rings is 1. The molecule has 0 radical (unpaired) electrons. The average molecular weight is 233 g/mol. The average Bonchev–Trinajstić information content (AvgIpc) is 3.04. The highest BCUT2D eigenvalue weighted by Crippen LogP contribution is 2.42. The predicted octanol–water partition coefficient (Wildman–Crippen LogP) is 2.05. The molecule has 0 spiro atoms. The normalized spacial score (nSPS) is 23.9. The largest absolute Gasteiger partial charge is 0.493 e. The van der Waals surface area contributed by atoms with Crippen LogP contribution in [0.3, 0.4) is 0 Å². The van der Waals surface area contributed by atoms with Gasteiger partial charge in [0.1, 0.15) is 5.75 Å². The van der Waals surface area contributed by atoms with Gasteiger partial charge in [0, 0.05) is 11.0 Å². The smallest absolute Gasteiger partial charge is 0.119 e. The molecule has 1 saturated carbocycles. The molecule has 1 aliphatic carbocycles. The van der Waals surface area contributed by atoms with Crippen LogP contribution in [0.2, 0.25) is 0 Å². The highest BCUT2D eigenvalue weighted by Gasteiger charge is 2.39. The van der Waals surface area contributed by atoms with Gasteiger partial charge in [-0.2, -0.15) is 0 Å². The SMILES string of the molecule is CC1(COc2ccc(C3(N)CC3)cc2)COC1. The topological polar surface area (TPSA) is 44.5 Å². The third kappa shape index (κ3) is 2.17. The number of ether oxygens (including phenoxy) is 2. The van der Waals surface area contributed by atoms with Crippen molar-refractivity contribution < 1.29 is 9.47 Å². The van der Waals surface area contributed by atoms with E-state index in [0.717, 1.165) is 38.4 Å². The van der Waals surface area contributed by atoms with Gasteiger partial charge in [-0.05, 0) is 30.5 Å². The molecule has 1 heterocycles. The number of nitrogens with two attached hydrogens (primary N) is 1. The Bertz CT molecular complexity index is 405. The molecule has 2 N–H and O–H groups in total. The van der Waals surface area contributed by atoms with Gasteiger partial charge in [-0.3, -0.25) is 0 Å². The van der Waals surface area contributed by atoms with Gasteiger partial charge in [0.15, 0.2) is 0 Å². The van der Waals surface area contributed by atoms with Crippen molar-refractivity contribution in [2.24, 2.45) is 11.1 Å². The first-order valence-electron chi connectivity index (χ1n) is 6.20. The molecule has 92 valence electrons. The zero-order valence-corrected chi connectivity index (χ0v) is 10.2. The van der Waals surface area contributed by atoms with Gasteiger partial charge < -0.3 is 15.2 Å². The summed E-state index contributed by atoms with van der Waals surface area (Å²) in [5, 5.41) is 0. The van der Waals surface area contributed by atoms with Crippen LogP contribution in [-0.4, -0.2) is 19.8 Å². The molecule has 2 aliphatic rings. The Morgan fingerprint density at radius 2 is 1.88 bits per heavy atom. The van der Waals surface area contributed by atoms with Crippen LogP contribution in [0.15, 0.2) is 24.3 Å². The summed E-state index contributed by atoms with van der Waals surface area (Å²) in [6.45, 7) is 4.51. The number of hydrogen-bond acceptors (Lipinski definition) is 3. The van der Waals surface area contributed by atoms with E-state index >= 15 is 0 Å². The minimum atomic E-state index is -0.0493. The van der Waals surface area contributed by atoms with Gasteiger partial charge >= 0.3 is 0 Å². The zero-order valence-electron chi connectivity index (χ0n) is 10.2. The van der Waals surface area contributed by atoms with E-state index in [1.165, 1.54) is 5.56 Å². The van der Waals surface area contributed by atoms with Crippen molar-refractivity contribution >= 4 is 0 Å². The summed E-state index contributed by atoms with van der Waals surface area (Å²) in [6, 6.07) is 8.21. The van der Waals surface area contributed by atoms with Gasteiger partial charge in [-0.15, -0.1) is 0 Å². The van der Waals surface area contributed by atoms with E-state index in [1.54, 1.807) is 0 Å². The van der Waals surface area contributed by atoms with Crippen molar-refractivity contribution in [3.05, 3.63) is 29.8 Å². The fourth-order valence-electron chi connectivity index (χ4n) is 2.10. The maximum Gasteiger partial charge on any atom is 0.119 e. The first-order valence-corrected chi connectivity index (χ1v) is 6.20. The van der Waals surface area contributed by atoms with Gasteiger partial charge in [0.2, 0.25) is 0 Å². The summed E-state index contributed by atoms with van der Waals surface area (Å²) < 4.78 is 11.0. The van der Waals surface area contributed by atoms with E-state index in [4.69, 9.17) is 15.2 Å². The first-order chi connectivity index (χ1) is 8.10. The van der Waals surface area contributed by atoms with Gasteiger partial charge in [-0.25, -0.2) is 0 Å². The Hall–Kier alpha value is -1.06. The molecule has 1 saturated heterocycles. The van der Waals surface area contributed by atoms with E-state index in [2.05, 4.69) is 19.1 Å². The Labute approximate surface area is 102 Å². The van der Waals surface area contributed by atoms with Gasteiger partial charge in [0.25, 0.3) is 0 Å². The van der Waals surface area contributed by atoms with Crippen LogP contribution in [0, 0.1) is 5.41 Å². The molecule has 1 aromatic rings. The summed E-state index contributed by atoms with van der Waals surface area (Å²) in [7, 11) is 0. The maximum atomic E-state index is 6.13. The first kappa shape index (κ1) is 11.1. The highest BCUT2D eigenvalue weighted by atomic mass is 16.5. The van der Waals surface area contributed by atoms with Crippen molar-refractivity contribution in [2.75, 3.05) is 19.8 Å². The highest BCUT2D eigenvalue weighted by molar-refractivity contribution is 5.34. The molecule has 2 fully saturated rings. The second-order valence-electron chi connectivity index (χ2n) is 5.77. The number of hydrogen-bond donors (Lipinski definition) is 1. The van der Waals surface area contributed by atoms with Crippen LogP contribution in [0.5, 0.6) is 5.75 Å². The van der Waals surface area contributed by atoms with Gasteiger partial charge in [0.05, 0.1) is 19.8 Å². The molecule has 0 unspecified atom stereocenters. The van der Waals surface area contributed by atoms with E-state index in [9.17, 15) is 0 Å². The Morgan fingerprint density at radius 1 is 1.24 bits per heavy atom. The second-order valence-corrected chi connectivity index (χ2v) is 5.77. The lowest BCUT2D eigenvalue weighted by Gasteiger charge is -2.37. The molecule has 0 atom stereocenters. The molecule has 1 aliphatic heterocycles. The Balaban J connectivity index is 1.60. The molecular formula is C14H19NO2. The van der Waals surface area contributed by atoms with E-state index in [0.29, 0.717) is 0 Å². The lowest BCUT2D eigenvalue weighted by Crippen LogP contribution is -2.44. The summed E-state index contributed by atoms with van der Waals surface area (Å²) in [5.74, 6) is 0.922. The Kier molecular flexibility index (Phi) is 2.42. The van der Waals surface area contributed by atoms with E-state index < -0.39 is 0 Å². The molecule has 17 heavy (non-hydrogen) atoms. The molecule has 3 rings (SSSR count). The van der Waals surface area contributed by atoms with Crippen molar-refractivity contribution in [3.8, 4) is 5.75 Å². The van der Waals surface area contributed by atoms with Crippen molar-refractivity contribution in [2.45, 2.75) is 25.3 Å². The summed E-state index contributed by atoms with van der Waals surface area (Å²) >= 11 is 0. The summed E-state index contributed by atoms with van der Waals surface area (Å²) in [5.41, 5.74) is 7.51. The third-order valence-corrected chi connectivity index (χ3v) is 3.71. The molecule has 3 nitrogen and oxygen atoms in total. The quantitative estimate of drug-likeness (QED) is 0.865.